The van der Waals surface area contributed by atoms with Crippen LogP contribution in [0.5, 0.6) is 5.75 Å². The molecule has 0 aromatic heterocycles. The number of hydrazone groups is 1. The number of nitrogens with one attached hydrogen (secondary N) is 2. The van der Waals surface area contributed by atoms with Gasteiger partial charge in [0.1, 0.15) is 11.9 Å². The van der Waals surface area contributed by atoms with Gasteiger partial charge in [-0.1, -0.05) is 49.3 Å². The van der Waals surface area contributed by atoms with Crippen molar-refractivity contribution in [2.75, 3.05) is 6.61 Å². The molecule has 4 rings (SSSR count). The number of esters is 1. The molecule has 2 aromatic rings. The number of ether oxygens (including phenoxy) is 2. The van der Waals surface area contributed by atoms with Crippen molar-refractivity contribution in [1.82, 2.24) is 15.8 Å². The van der Waals surface area contributed by atoms with Crippen molar-refractivity contribution < 1.29 is 33.9 Å². The Morgan fingerprint density at radius 3 is 2.65 bits per heavy atom. The first-order valence-electron chi connectivity index (χ1n) is 16.1. The molecule has 2 aromatic carbocycles. The summed E-state index contributed by atoms with van der Waals surface area (Å²) in [6.07, 6.45) is 13.2. The third-order valence-electron chi connectivity index (χ3n) is 8.10. The molecule has 1 aliphatic carbocycles. The van der Waals surface area contributed by atoms with Gasteiger partial charge in [-0.3, -0.25) is 24.4 Å². The van der Waals surface area contributed by atoms with Gasteiger partial charge < -0.3 is 14.4 Å². The van der Waals surface area contributed by atoms with E-state index < -0.39 is 0 Å². The second-order valence-electron chi connectivity index (χ2n) is 11.6. The first-order valence-corrected chi connectivity index (χ1v) is 16.1. The van der Waals surface area contributed by atoms with E-state index in [1.165, 1.54) is 0 Å². The van der Waals surface area contributed by atoms with E-state index in [4.69, 9.17) is 14.7 Å². The zero-order valence-corrected chi connectivity index (χ0v) is 26.2. The Bertz CT molecular complexity index is 1390. The summed E-state index contributed by atoms with van der Waals surface area (Å²) in [5, 5.41) is 12.7. The number of hydrogen-bond acceptors (Lipinski definition) is 8. The third-order valence-corrected chi connectivity index (χ3v) is 8.10. The summed E-state index contributed by atoms with van der Waals surface area (Å²) in [6, 6.07) is 14.4. The van der Waals surface area contributed by atoms with Crippen molar-refractivity contribution >= 4 is 29.9 Å². The molecule has 0 spiro atoms. The normalized spacial score (nSPS) is 19.5. The van der Waals surface area contributed by atoms with E-state index in [9.17, 15) is 19.2 Å². The molecule has 0 saturated heterocycles. The van der Waals surface area contributed by atoms with Gasteiger partial charge in [-0.2, -0.15) is 5.10 Å². The highest BCUT2D eigenvalue weighted by molar-refractivity contribution is 5.95. The van der Waals surface area contributed by atoms with Crippen LogP contribution in [0.25, 0.3) is 0 Å². The molecule has 0 bridgehead atoms. The van der Waals surface area contributed by atoms with E-state index in [0.29, 0.717) is 63.0 Å². The van der Waals surface area contributed by atoms with E-state index >= 15 is 0 Å². The van der Waals surface area contributed by atoms with Gasteiger partial charge in [0.25, 0.3) is 5.91 Å². The molecule has 0 radical (unpaired) electrons. The quantitative estimate of drug-likeness (QED) is 0.0686. The zero-order chi connectivity index (χ0) is 32.6. The van der Waals surface area contributed by atoms with E-state index in [1.54, 1.807) is 36.0 Å². The summed E-state index contributed by atoms with van der Waals surface area (Å²) in [4.78, 5) is 51.4. The number of carbonyl (C=O) groups excluding carboxylic acids is 4. The van der Waals surface area contributed by atoms with Crippen molar-refractivity contribution in [1.29, 1.82) is 0 Å². The number of unbranched alkanes of at least 4 members (excludes halogenated alkanes) is 3. The van der Waals surface area contributed by atoms with Gasteiger partial charge in [0.2, 0.25) is 11.8 Å². The van der Waals surface area contributed by atoms with E-state index in [2.05, 4.69) is 10.5 Å². The van der Waals surface area contributed by atoms with Gasteiger partial charge in [-0.05, 0) is 80.3 Å². The average molecular weight is 633 g/mol. The molecule has 1 fully saturated rings. The number of amides is 3. The lowest BCUT2D eigenvalue weighted by atomic mass is 10.1. The largest absolute Gasteiger partial charge is 0.494 e. The lowest BCUT2D eigenvalue weighted by molar-refractivity contribution is -0.154. The van der Waals surface area contributed by atoms with Gasteiger partial charge in [-0.25, -0.2) is 10.9 Å². The van der Waals surface area contributed by atoms with Gasteiger partial charge in [-0.15, -0.1) is 0 Å². The standard InChI is InChI=1S/C35H44N4O7/c40-32(38-44)18-5-3-4-8-21-45-29-15-10-14-28(23-29)35(43)37-36-24-26-12-9-13-27(22-26)25-39-30-16-11-17-31(30)46-34(42)20-7-2-1-6-19-33(39)41/h1-2,9-10,12-15,22-24,30-31,44H,3-8,11,16-21,25H2,(H,37,43)(H,38,40)/b2-1+,36-24+/t30-,31-/m0/s1. The third kappa shape index (κ3) is 11.1. The fourth-order valence-electron chi connectivity index (χ4n) is 5.72. The SMILES string of the molecule is O=C(CCCCCCOc1cccc(C(=O)N/N=C/c2cccc(CN3C(=O)CC/C=C/CCC(=O)O[C@H]4CCC[C@@H]43)c2)c1)NO. The summed E-state index contributed by atoms with van der Waals surface area (Å²) in [5.41, 5.74) is 6.29. The van der Waals surface area contributed by atoms with Gasteiger partial charge >= 0.3 is 5.97 Å². The Morgan fingerprint density at radius 2 is 1.80 bits per heavy atom. The number of allylic oxidation sites excluding steroid dienone is 2. The Kier molecular flexibility index (Phi) is 13.8. The Morgan fingerprint density at radius 1 is 1.00 bits per heavy atom. The second kappa shape index (κ2) is 18.5. The molecule has 2 atom stereocenters. The molecular formula is C35H44N4O7. The van der Waals surface area contributed by atoms with E-state index in [-0.39, 0.29) is 35.8 Å². The maximum Gasteiger partial charge on any atom is 0.306 e. The average Bonchev–Trinajstić information content (AvgIpc) is 3.51. The number of rotatable bonds is 13. The number of carbonyl (C=O) groups is 4. The Balaban J connectivity index is 1.30. The van der Waals surface area contributed by atoms with Crippen LogP contribution in [0, 0.1) is 0 Å². The Hall–Kier alpha value is -4.51. The maximum absolute atomic E-state index is 13.3. The number of benzene rings is 2. The Labute approximate surface area is 270 Å². The predicted octanol–water partition coefficient (Wildman–Crippen LogP) is 5.21. The van der Waals surface area contributed by atoms with Crippen LogP contribution in [-0.4, -0.2) is 58.8 Å². The highest BCUT2D eigenvalue weighted by Gasteiger charge is 2.37. The van der Waals surface area contributed by atoms with Crippen LogP contribution < -0.4 is 15.6 Å². The number of hydroxylamine groups is 1. The van der Waals surface area contributed by atoms with Crippen LogP contribution >= 0.6 is 0 Å². The summed E-state index contributed by atoms with van der Waals surface area (Å²) in [5.74, 6) is -0.352. The first-order chi connectivity index (χ1) is 22.4. The number of nitrogens with zero attached hydrogens (tertiary/aromatic N) is 2. The molecule has 11 nitrogen and oxygen atoms in total. The van der Waals surface area contributed by atoms with Gasteiger partial charge in [0.05, 0.1) is 18.9 Å². The number of hydrogen-bond donors (Lipinski definition) is 3. The molecule has 46 heavy (non-hydrogen) atoms. The van der Waals surface area contributed by atoms with Crippen molar-refractivity contribution in [3.8, 4) is 5.75 Å². The smallest absolute Gasteiger partial charge is 0.306 e. The lowest BCUT2D eigenvalue weighted by Gasteiger charge is -2.33. The highest BCUT2D eigenvalue weighted by atomic mass is 16.5. The summed E-state index contributed by atoms with van der Waals surface area (Å²) in [7, 11) is 0. The van der Waals surface area contributed by atoms with E-state index in [1.807, 2.05) is 41.3 Å². The summed E-state index contributed by atoms with van der Waals surface area (Å²) >= 11 is 0. The fourth-order valence-corrected chi connectivity index (χ4v) is 5.72. The minimum absolute atomic E-state index is 0.0421. The molecule has 246 valence electrons. The maximum atomic E-state index is 13.3. The van der Waals surface area contributed by atoms with Crippen LogP contribution in [0.3, 0.4) is 0 Å². The fraction of sp³-hybridized carbons (Fsp3) is 0.457. The monoisotopic (exact) mass is 632 g/mol. The van der Waals surface area contributed by atoms with Crippen LogP contribution in [-0.2, 0) is 25.7 Å². The molecule has 1 aliphatic heterocycles. The molecule has 3 amide bonds. The van der Waals surface area contributed by atoms with Crippen LogP contribution in [0.1, 0.15) is 98.5 Å². The van der Waals surface area contributed by atoms with Gasteiger partial charge in [0.15, 0.2) is 0 Å². The first kappa shape index (κ1) is 34.4. The van der Waals surface area contributed by atoms with Crippen molar-refractivity contribution in [3.05, 3.63) is 77.4 Å². The lowest BCUT2D eigenvalue weighted by Crippen LogP contribution is -2.45. The zero-order valence-electron chi connectivity index (χ0n) is 26.2. The topological polar surface area (TPSA) is 147 Å². The van der Waals surface area contributed by atoms with Gasteiger partial charge in [0, 0.05) is 31.4 Å². The molecule has 0 unspecified atom stereocenters. The van der Waals surface area contributed by atoms with Crippen molar-refractivity contribution in [2.24, 2.45) is 5.10 Å². The molecule has 1 saturated carbocycles. The number of fused-ring (bicyclic) bond motifs is 1. The minimum Gasteiger partial charge on any atom is -0.494 e. The minimum atomic E-state index is -0.382. The molecular weight excluding hydrogens is 588 g/mol. The summed E-state index contributed by atoms with van der Waals surface area (Å²) in [6.45, 7) is 0.876. The van der Waals surface area contributed by atoms with Crippen LogP contribution in [0.15, 0.2) is 65.8 Å². The van der Waals surface area contributed by atoms with Crippen molar-refractivity contribution in [3.63, 3.8) is 0 Å². The second-order valence-corrected chi connectivity index (χ2v) is 11.6. The molecule has 1 heterocycles. The van der Waals surface area contributed by atoms with Crippen LogP contribution in [0.2, 0.25) is 0 Å². The predicted molar refractivity (Wildman–Crippen MR) is 172 cm³/mol. The highest BCUT2D eigenvalue weighted by Crippen LogP contribution is 2.30. The van der Waals surface area contributed by atoms with E-state index in [0.717, 1.165) is 49.7 Å². The van der Waals surface area contributed by atoms with Crippen molar-refractivity contribution in [2.45, 2.75) is 95.7 Å². The van der Waals surface area contributed by atoms with Crippen LogP contribution in [0.4, 0.5) is 0 Å². The molecule has 3 N–H and O–H groups in total. The molecule has 2 aliphatic rings. The summed E-state index contributed by atoms with van der Waals surface area (Å²) < 4.78 is 11.6. The molecule has 11 heteroatoms.